The molecule has 0 aromatic heterocycles. The van der Waals surface area contributed by atoms with Crippen LogP contribution >= 0.6 is 23.2 Å². The van der Waals surface area contributed by atoms with E-state index in [2.05, 4.69) is 5.32 Å². The molecular weight excluding hydrogens is 317 g/mol. The molecule has 1 unspecified atom stereocenters. The molecule has 0 radical (unpaired) electrons. The van der Waals surface area contributed by atoms with E-state index in [1.165, 1.54) is 6.07 Å². The standard InChI is InChI=1S/C14H15Cl2NO4/c1-8(21-11-3-2-9(15)6-10(11)16)12(18)17-7-14(4-5-14)13(19)20/h2-3,6,8H,4-5,7H2,1H3,(H,17,18)(H,19,20). The van der Waals surface area contributed by atoms with Crippen LogP contribution in [-0.2, 0) is 9.59 Å². The molecule has 0 saturated heterocycles. The van der Waals surface area contributed by atoms with Crippen molar-refractivity contribution in [2.24, 2.45) is 5.41 Å². The second-order valence-corrected chi connectivity index (χ2v) is 5.98. The molecule has 1 aliphatic carbocycles. The minimum Gasteiger partial charge on any atom is -0.481 e. The molecule has 0 heterocycles. The van der Waals surface area contributed by atoms with Crippen molar-refractivity contribution in [3.05, 3.63) is 28.2 Å². The lowest BCUT2D eigenvalue weighted by atomic mass is 10.1. The van der Waals surface area contributed by atoms with Gasteiger partial charge in [0.2, 0.25) is 0 Å². The van der Waals surface area contributed by atoms with Crippen LogP contribution in [0.4, 0.5) is 0 Å². The highest BCUT2D eigenvalue weighted by Crippen LogP contribution is 2.45. The first-order valence-electron chi connectivity index (χ1n) is 6.47. The number of halogens is 2. The summed E-state index contributed by atoms with van der Waals surface area (Å²) in [7, 11) is 0. The number of rotatable bonds is 6. The molecule has 1 atom stereocenters. The van der Waals surface area contributed by atoms with E-state index in [1.807, 2.05) is 0 Å². The maximum absolute atomic E-state index is 11.9. The van der Waals surface area contributed by atoms with Crippen LogP contribution in [0.3, 0.4) is 0 Å². The van der Waals surface area contributed by atoms with Crippen LogP contribution in [0.1, 0.15) is 19.8 Å². The van der Waals surface area contributed by atoms with E-state index in [4.69, 9.17) is 33.0 Å². The summed E-state index contributed by atoms with van der Waals surface area (Å²) < 4.78 is 5.46. The van der Waals surface area contributed by atoms with Gasteiger partial charge in [-0.15, -0.1) is 0 Å². The lowest BCUT2D eigenvalue weighted by Gasteiger charge is -2.17. The molecular formula is C14H15Cl2NO4. The summed E-state index contributed by atoms with van der Waals surface area (Å²) in [5, 5.41) is 12.4. The fourth-order valence-corrected chi connectivity index (χ4v) is 2.28. The zero-order chi connectivity index (χ0) is 15.6. The average molecular weight is 332 g/mol. The number of amides is 1. The third-order valence-electron chi connectivity index (χ3n) is 3.48. The summed E-state index contributed by atoms with van der Waals surface area (Å²) in [6, 6.07) is 4.71. The molecule has 0 bridgehead atoms. The summed E-state index contributed by atoms with van der Waals surface area (Å²) in [4.78, 5) is 22.9. The fraction of sp³-hybridized carbons (Fsp3) is 0.429. The largest absolute Gasteiger partial charge is 0.481 e. The van der Waals surface area contributed by atoms with Gasteiger partial charge in [0, 0.05) is 11.6 Å². The van der Waals surface area contributed by atoms with E-state index in [9.17, 15) is 9.59 Å². The summed E-state index contributed by atoms with van der Waals surface area (Å²) in [5.74, 6) is -0.909. The summed E-state index contributed by atoms with van der Waals surface area (Å²) in [6.45, 7) is 1.68. The predicted molar refractivity (Wildman–Crippen MR) is 78.9 cm³/mol. The third-order valence-corrected chi connectivity index (χ3v) is 4.01. The van der Waals surface area contributed by atoms with Gasteiger partial charge in [-0.3, -0.25) is 9.59 Å². The first kappa shape index (κ1) is 15.9. The second kappa shape index (κ2) is 6.12. The molecule has 0 aliphatic heterocycles. The van der Waals surface area contributed by atoms with Crippen LogP contribution in [0.5, 0.6) is 5.75 Å². The number of carboxylic acids is 1. The SMILES string of the molecule is CC(Oc1ccc(Cl)cc1Cl)C(=O)NCC1(C(=O)O)CC1. The Labute approximate surface area is 132 Å². The summed E-state index contributed by atoms with van der Waals surface area (Å²) in [6.07, 6.45) is 0.384. The lowest BCUT2D eigenvalue weighted by molar-refractivity contribution is -0.143. The smallest absolute Gasteiger partial charge is 0.311 e. The highest BCUT2D eigenvalue weighted by atomic mass is 35.5. The minimum atomic E-state index is -0.878. The Kier molecular flexibility index (Phi) is 4.64. The van der Waals surface area contributed by atoms with Crippen LogP contribution in [0.15, 0.2) is 18.2 Å². The Balaban J connectivity index is 1.89. The van der Waals surface area contributed by atoms with Gasteiger partial charge in [0.25, 0.3) is 5.91 Å². The second-order valence-electron chi connectivity index (χ2n) is 5.14. The summed E-state index contributed by atoms with van der Waals surface area (Å²) >= 11 is 11.7. The van der Waals surface area contributed by atoms with Gasteiger partial charge < -0.3 is 15.2 Å². The monoisotopic (exact) mass is 331 g/mol. The van der Waals surface area contributed by atoms with Crippen molar-refractivity contribution in [3.63, 3.8) is 0 Å². The fourth-order valence-electron chi connectivity index (χ4n) is 1.83. The van der Waals surface area contributed by atoms with Crippen LogP contribution in [-0.4, -0.2) is 29.6 Å². The molecule has 1 fully saturated rings. The Hall–Kier alpha value is -1.46. The Morgan fingerprint density at radius 3 is 2.62 bits per heavy atom. The van der Waals surface area contributed by atoms with Gasteiger partial charge >= 0.3 is 5.97 Å². The predicted octanol–water partition coefficient (Wildman–Crippen LogP) is 2.74. The van der Waals surface area contributed by atoms with Gasteiger partial charge in [0.1, 0.15) is 5.75 Å². The van der Waals surface area contributed by atoms with Crippen LogP contribution in [0, 0.1) is 5.41 Å². The van der Waals surface area contributed by atoms with Crippen molar-refractivity contribution in [2.45, 2.75) is 25.9 Å². The molecule has 1 saturated carbocycles. The molecule has 2 rings (SSSR count). The number of carbonyl (C=O) groups excluding carboxylic acids is 1. The minimum absolute atomic E-state index is 0.114. The van der Waals surface area contributed by atoms with Gasteiger partial charge in [-0.2, -0.15) is 0 Å². The first-order valence-corrected chi connectivity index (χ1v) is 7.22. The quantitative estimate of drug-likeness (QED) is 0.840. The van der Waals surface area contributed by atoms with E-state index in [-0.39, 0.29) is 12.5 Å². The molecule has 1 amide bonds. The number of nitrogens with one attached hydrogen (secondary N) is 1. The van der Waals surface area contributed by atoms with Crippen molar-refractivity contribution in [2.75, 3.05) is 6.54 Å². The van der Waals surface area contributed by atoms with Crippen molar-refractivity contribution >= 4 is 35.1 Å². The normalized spacial score (nSPS) is 16.9. The van der Waals surface area contributed by atoms with Gasteiger partial charge in [-0.25, -0.2) is 0 Å². The number of hydrogen-bond donors (Lipinski definition) is 2. The maximum atomic E-state index is 11.9. The van der Waals surface area contributed by atoms with E-state index in [1.54, 1.807) is 19.1 Å². The van der Waals surface area contributed by atoms with E-state index < -0.39 is 17.5 Å². The number of ether oxygens (including phenoxy) is 1. The number of carbonyl (C=O) groups is 2. The number of carboxylic acid groups (broad SMARTS) is 1. The van der Waals surface area contributed by atoms with Gasteiger partial charge in [0.15, 0.2) is 6.10 Å². The maximum Gasteiger partial charge on any atom is 0.311 e. The highest BCUT2D eigenvalue weighted by Gasteiger charge is 2.50. The molecule has 5 nitrogen and oxygen atoms in total. The molecule has 1 aliphatic rings. The molecule has 0 spiro atoms. The Morgan fingerprint density at radius 2 is 2.10 bits per heavy atom. The van der Waals surface area contributed by atoms with Crippen molar-refractivity contribution in [1.82, 2.24) is 5.32 Å². The zero-order valence-electron chi connectivity index (χ0n) is 11.4. The van der Waals surface area contributed by atoms with Crippen LogP contribution in [0.25, 0.3) is 0 Å². The topological polar surface area (TPSA) is 75.6 Å². The number of benzene rings is 1. The van der Waals surface area contributed by atoms with Crippen LogP contribution in [0.2, 0.25) is 10.0 Å². The Morgan fingerprint density at radius 1 is 1.43 bits per heavy atom. The lowest BCUT2D eigenvalue weighted by Crippen LogP contribution is -2.41. The Bertz CT molecular complexity index is 572. The van der Waals surface area contributed by atoms with Gasteiger partial charge in [0.05, 0.1) is 10.4 Å². The van der Waals surface area contributed by atoms with E-state index in [0.29, 0.717) is 28.6 Å². The van der Waals surface area contributed by atoms with E-state index in [0.717, 1.165) is 0 Å². The van der Waals surface area contributed by atoms with Crippen LogP contribution < -0.4 is 10.1 Å². The molecule has 1 aromatic rings. The first-order chi connectivity index (χ1) is 9.84. The number of hydrogen-bond acceptors (Lipinski definition) is 3. The summed E-state index contributed by atoms with van der Waals surface area (Å²) in [5.41, 5.74) is -0.798. The molecule has 2 N–H and O–H groups in total. The van der Waals surface area contributed by atoms with E-state index >= 15 is 0 Å². The number of aliphatic carboxylic acids is 1. The molecule has 1 aromatic carbocycles. The van der Waals surface area contributed by atoms with Crippen molar-refractivity contribution < 1.29 is 19.4 Å². The zero-order valence-corrected chi connectivity index (χ0v) is 12.9. The van der Waals surface area contributed by atoms with Crippen molar-refractivity contribution in [1.29, 1.82) is 0 Å². The molecule has 7 heteroatoms. The third kappa shape index (κ3) is 3.80. The van der Waals surface area contributed by atoms with Crippen molar-refractivity contribution in [3.8, 4) is 5.75 Å². The van der Waals surface area contributed by atoms with Gasteiger partial charge in [-0.1, -0.05) is 23.2 Å². The molecule has 114 valence electrons. The highest BCUT2D eigenvalue weighted by molar-refractivity contribution is 6.35. The average Bonchev–Trinajstić information content (AvgIpc) is 3.20. The van der Waals surface area contributed by atoms with Gasteiger partial charge in [-0.05, 0) is 38.0 Å². The molecule has 21 heavy (non-hydrogen) atoms.